The van der Waals surface area contributed by atoms with E-state index in [-0.39, 0.29) is 12.5 Å². The predicted octanol–water partition coefficient (Wildman–Crippen LogP) is 3.10. The van der Waals surface area contributed by atoms with E-state index in [9.17, 15) is 14.4 Å². The zero-order chi connectivity index (χ0) is 18.8. The number of carbonyl (C=O) groups is 3. The third-order valence-electron chi connectivity index (χ3n) is 4.45. The van der Waals surface area contributed by atoms with E-state index in [0.717, 1.165) is 16.0 Å². The Morgan fingerprint density at radius 3 is 2.46 bits per heavy atom. The maximum atomic E-state index is 12.7. The Morgan fingerprint density at radius 1 is 1.08 bits per heavy atom. The molecule has 1 N–H and O–H groups in total. The Balaban J connectivity index is 1.75. The normalized spacial score (nSPS) is 17.0. The number of urea groups is 1. The summed E-state index contributed by atoms with van der Waals surface area (Å²) in [4.78, 5) is 40.0. The highest BCUT2D eigenvalue weighted by atomic mass is 16.2. The van der Waals surface area contributed by atoms with Crippen LogP contribution in [0, 0.1) is 13.8 Å². The lowest BCUT2D eigenvalue weighted by Crippen LogP contribution is -2.39. The number of anilines is 2. The van der Waals surface area contributed by atoms with Gasteiger partial charge in [0.25, 0.3) is 5.91 Å². The molecule has 0 spiro atoms. The number of amides is 4. The minimum absolute atomic E-state index is 0.307. The van der Waals surface area contributed by atoms with Crippen molar-refractivity contribution < 1.29 is 14.4 Å². The molecule has 0 radical (unpaired) electrons. The van der Waals surface area contributed by atoms with E-state index in [0.29, 0.717) is 11.4 Å². The SMILES string of the molecule is Cc1ccc(C)c(NC(=O)CN2C(=O)C(C)N(c3ccccc3)C2=O)c1. The molecule has 0 saturated carbocycles. The van der Waals surface area contributed by atoms with Crippen LogP contribution in [0.1, 0.15) is 18.1 Å². The lowest BCUT2D eigenvalue weighted by atomic mass is 10.1. The number of rotatable bonds is 4. The second kappa shape index (κ2) is 7.00. The van der Waals surface area contributed by atoms with Crippen LogP contribution in [0.15, 0.2) is 48.5 Å². The van der Waals surface area contributed by atoms with E-state index in [1.54, 1.807) is 31.2 Å². The molecule has 1 aliphatic rings. The number of nitrogens with zero attached hydrogens (tertiary/aromatic N) is 2. The largest absolute Gasteiger partial charge is 0.332 e. The summed E-state index contributed by atoms with van der Waals surface area (Å²) in [6.07, 6.45) is 0. The number of nitrogens with one attached hydrogen (secondary N) is 1. The molecule has 1 heterocycles. The van der Waals surface area contributed by atoms with Crippen LogP contribution < -0.4 is 10.2 Å². The molecule has 26 heavy (non-hydrogen) atoms. The van der Waals surface area contributed by atoms with Gasteiger partial charge in [-0.1, -0.05) is 30.3 Å². The molecule has 1 unspecified atom stereocenters. The number of para-hydroxylation sites is 1. The van der Waals surface area contributed by atoms with Crippen molar-refractivity contribution in [3.8, 4) is 0 Å². The zero-order valence-electron chi connectivity index (χ0n) is 15.0. The Morgan fingerprint density at radius 2 is 1.77 bits per heavy atom. The van der Waals surface area contributed by atoms with Gasteiger partial charge in [-0.2, -0.15) is 0 Å². The quantitative estimate of drug-likeness (QED) is 0.861. The van der Waals surface area contributed by atoms with Gasteiger partial charge in [-0.05, 0) is 50.1 Å². The van der Waals surface area contributed by atoms with E-state index in [2.05, 4.69) is 5.32 Å². The fourth-order valence-corrected chi connectivity index (χ4v) is 3.00. The van der Waals surface area contributed by atoms with Crippen molar-refractivity contribution in [2.75, 3.05) is 16.8 Å². The third-order valence-corrected chi connectivity index (χ3v) is 4.45. The fourth-order valence-electron chi connectivity index (χ4n) is 3.00. The predicted molar refractivity (Wildman–Crippen MR) is 100 cm³/mol. The highest BCUT2D eigenvalue weighted by molar-refractivity contribution is 6.16. The lowest BCUT2D eigenvalue weighted by Gasteiger charge is -2.19. The first-order valence-corrected chi connectivity index (χ1v) is 8.45. The smallest absolute Gasteiger partial charge is 0.324 e. The highest BCUT2D eigenvalue weighted by Gasteiger charge is 2.43. The second-order valence-corrected chi connectivity index (χ2v) is 6.46. The molecule has 4 amide bonds. The van der Waals surface area contributed by atoms with E-state index < -0.39 is 18.0 Å². The Labute approximate surface area is 152 Å². The molecular formula is C20H21N3O3. The number of carbonyl (C=O) groups excluding carboxylic acids is 3. The van der Waals surface area contributed by atoms with Gasteiger partial charge in [0.1, 0.15) is 12.6 Å². The zero-order valence-corrected chi connectivity index (χ0v) is 15.0. The fraction of sp³-hybridized carbons (Fsp3) is 0.250. The van der Waals surface area contributed by atoms with Crippen molar-refractivity contribution in [1.82, 2.24) is 4.90 Å². The van der Waals surface area contributed by atoms with Crippen molar-refractivity contribution in [3.05, 3.63) is 59.7 Å². The van der Waals surface area contributed by atoms with Gasteiger partial charge in [0.05, 0.1) is 0 Å². The van der Waals surface area contributed by atoms with E-state index in [1.165, 1.54) is 4.90 Å². The summed E-state index contributed by atoms with van der Waals surface area (Å²) in [7, 11) is 0. The topological polar surface area (TPSA) is 69.7 Å². The van der Waals surface area contributed by atoms with E-state index in [4.69, 9.17) is 0 Å². The van der Waals surface area contributed by atoms with Crippen LogP contribution in [-0.4, -0.2) is 35.3 Å². The molecule has 1 fully saturated rings. The number of hydrogen-bond acceptors (Lipinski definition) is 3. The minimum Gasteiger partial charge on any atom is -0.324 e. The van der Waals surface area contributed by atoms with Crippen LogP contribution in [0.3, 0.4) is 0 Å². The first kappa shape index (κ1) is 17.7. The van der Waals surface area contributed by atoms with Gasteiger partial charge in [-0.3, -0.25) is 19.4 Å². The van der Waals surface area contributed by atoms with E-state index >= 15 is 0 Å². The van der Waals surface area contributed by atoms with Gasteiger partial charge < -0.3 is 5.32 Å². The summed E-state index contributed by atoms with van der Waals surface area (Å²) in [5, 5.41) is 2.78. The van der Waals surface area contributed by atoms with Crippen LogP contribution in [0.2, 0.25) is 0 Å². The molecule has 6 nitrogen and oxygen atoms in total. The van der Waals surface area contributed by atoms with Crippen molar-refractivity contribution in [2.24, 2.45) is 0 Å². The third kappa shape index (κ3) is 3.31. The molecule has 2 aromatic carbocycles. The van der Waals surface area contributed by atoms with Gasteiger partial charge in [0.15, 0.2) is 0 Å². The Bertz CT molecular complexity index is 864. The van der Waals surface area contributed by atoms with Crippen molar-refractivity contribution in [3.63, 3.8) is 0 Å². The minimum atomic E-state index is -0.640. The van der Waals surface area contributed by atoms with Gasteiger partial charge in [-0.15, -0.1) is 0 Å². The first-order valence-electron chi connectivity index (χ1n) is 8.45. The summed E-state index contributed by atoms with van der Waals surface area (Å²) in [5.41, 5.74) is 3.25. The molecule has 0 aromatic heterocycles. The van der Waals surface area contributed by atoms with Crippen LogP contribution in [-0.2, 0) is 9.59 Å². The second-order valence-electron chi connectivity index (χ2n) is 6.46. The molecule has 2 aromatic rings. The molecule has 0 aliphatic carbocycles. The van der Waals surface area contributed by atoms with Gasteiger partial charge in [-0.25, -0.2) is 4.79 Å². The average molecular weight is 351 g/mol. The Kier molecular flexibility index (Phi) is 4.75. The Hall–Kier alpha value is -3.15. The number of aryl methyl sites for hydroxylation is 2. The molecular weight excluding hydrogens is 330 g/mol. The summed E-state index contributed by atoms with van der Waals surface area (Å²) >= 11 is 0. The summed E-state index contributed by atoms with van der Waals surface area (Å²) in [5.74, 6) is -0.780. The molecule has 1 atom stereocenters. The van der Waals surface area contributed by atoms with Crippen LogP contribution in [0.25, 0.3) is 0 Å². The standard InChI is InChI=1S/C20H21N3O3/c1-13-9-10-14(2)17(11-13)21-18(24)12-22-19(25)15(3)23(20(22)26)16-7-5-4-6-8-16/h4-11,15H,12H2,1-3H3,(H,21,24). The monoisotopic (exact) mass is 351 g/mol. The molecule has 1 saturated heterocycles. The van der Waals surface area contributed by atoms with Crippen molar-refractivity contribution in [1.29, 1.82) is 0 Å². The van der Waals surface area contributed by atoms with E-state index in [1.807, 2.05) is 38.1 Å². The molecule has 0 bridgehead atoms. The van der Waals surface area contributed by atoms with Crippen molar-refractivity contribution in [2.45, 2.75) is 26.8 Å². The van der Waals surface area contributed by atoms with Gasteiger partial charge in [0.2, 0.25) is 5.91 Å². The first-order chi connectivity index (χ1) is 12.4. The molecule has 6 heteroatoms. The van der Waals surface area contributed by atoms with Crippen LogP contribution in [0.5, 0.6) is 0 Å². The molecule has 1 aliphatic heterocycles. The van der Waals surface area contributed by atoms with Gasteiger partial charge >= 0.3 is 6.03 Å². The number of imide groups is 1. The van der Waals surface area contributed by atoms with Crippen LogP contribution >= 0.6 is 0 Å². The maximum Gasteiger partial charge on any atom is 0.332 e. The van der Waals surface area contributed by atoms with Crippen LogP contribution in [0.4, 0.5) is 16.2 Å². The highest BCUT2D eigenvalue weighted by Crippen LogP contribution is 2.25. The summed E-state index contributed by atoms with van der Waals surface area (Å²) in [6, 6.07) is 13.6. The summed E-state index contributed by atoms with van der Waals surface area (Å²) < 4.78 is 0. The average Bonchev–Trinajstić information content (AvgIpc) is 2.82. The maximum absolute atomic E-state index is 12.7. The molecule has 3 rings (SSSR count). The summed E-state index contributed by atoms with van der Waals surface area (Å²) in [6.45, 7) is 5.18. The number of hydrogen-bond donors (Lipinski definition) is 1. The number of benzene rings is 2. The molecule has 134 valence electrons. The van der Waals surface area contributed by atoms with Crippen molar-refractivity contribution >= 4 is 29.2 Å². The lowest BCUT2D eigenvalue weighted by molar-refractivity contribution is -0.130. The van der Waals surface area contributed by atoms with Gasteiger partial charge in [0, 0.05) is 11.4 Å².